The number of rotatable bonds is 3. The van der Waals surface area contributed by atoms with E-state index in [2.05, 4.69) is 58.4 Å². The zero-order valence-corrected chi connectivity index (χ0v) is 13.2. The summed E-state index contributed by atoms with van der Waals surface area (Å²) in [5, 5.41) is 4.10. The first-order valence-electron chi connectivity index (χ1n) is 8.06. The second-order valence-corrected chi connectivity index (χ2v) is 6.03. The Balaban J connectivity index is 1.57. The minimum absolute atomic E-state index is 0.563. The third kappa shape index (κ3) is 2.84. The highest BCUT2D eigenvalue weighted by Crippen LogP contribution is 2.26. The van der Waals surface area contributed by atoms with E-state index < -0.39 is 0 Å². The molecule has 0 amide bonds. The quantitative estimate of drug-likeness (QED) is 0.723. The Morgan fingerprint density at radius 1 is 0.870 bits per heavy atom. The molecular formula is C19H19N3O. The molecule has 116 valence electrons. The Morgan fingerprint density at radius 3 is 2.22 bits per heavy atom. The molecule has 1 fully saturated rings. The lowest BCUT2D eigenvalue weighted by atomic mass is 10.1. The van der Waals surface area contributed by atoms with E-state index >= 15 is 0 Å². The molecule has 3 aromatic rings. The maximum atomic E-state index is 5.43. The van der Waals surface area contributed by atoms with Gasteiger partial charge in [-0.05, 0) is 44.0 Å². The van der Waals surface area contributed by atoms with E-state index in [1.807, 2.05) is 12.1 Å². The molecule has 0 spiro atoms. The van der Waals surface area contributed by atoms with Gasteiger partial charge in [0.05, 0.1) is 0 Å². The molecule has 4 rings (SSSR count). The number of nitrogens with zero attached hydrogens (tertiary/aromatic N) is 3. The summed E-state index contributed by atoms with van der Waals surface area (Å²) < 4.78 is 5.43. The first-order valence-corrected chi connectivity index (χ1v) is 8.06. The average Bonchev–Trinajstić information content (AvgIpc) is 3.28. The minimum atomic E-state index is 0.563. The van der Waals surface area contributed by atoms with Crippen LogP contribution < -0.4 is 4.90 Å². The van der Waals surface area contributed by atoms with E-state index in [-0.39, 0.29) is 0 Å². The Labute approximate surface area is 135 Å². The van der Waals surface area contributed by atoms with Crippen molar-refractivity contribution < 1.29 is 4.52 Å². The monoisotopic (exact) mass is 305 g/mol. The summed E-state index contributed by atoms with van der Waals surface area (Å²) in [5.41, 5.74) is 4.41. The first kappa shape index (κ1) is 14.0. The van der Waals surface area contributed by atoms with Gasteiger partial charge in [-0.25, -0.2) is 0 Å². The molecule has 4 heteroatoms. The van der Waals surface area contributed by atoms with Crippen molar-refractivity contribution in [2.24, 2.45) is 0 Å². The van der Waals surface area contributed by atoms with Gasteiger partial charge in [-0.3, -0.25) is 0 Å². The SMILES string of the molecule is Cc1ccc(-c2noc(-c3ccc(N4CCCC4)cc3)n2)cc1. The lowest BCUT2D eigenvalue weighted by Gasteiger charge is -2.17. The van der Waals surface area contributed by atoms with Crippen molar-refractivity contribution in [3.05, 3.63) is 54.1 Å². The molecule has 1 saturated heterocycles. The molecule has 0 radical (unpaired) electrons. The van der Waals surface area contributed by atoms with Gasteiger partial charge in [-0.15, -0.1) is 0 Å². The molecule has 0 N–H and O–H groups in total. The number of benzene rings is 2. The summed E-state index contributed by atoms with van der Waals surface area (Å²) in [6, 6.07) is 16.5. The topological polar surface area (TPSA) is 42.2 Å². The highest BCUT2D eigenvalue weighted by molar-refractivity contribution is 5.62. The maximum Gasteiger partial charge on any atom is 0.258 e. The summed E-state index contributed by atoms with van der Waals surface area (Å²) in [7, 11) is 0. The van der Waals surface area contributed by atoms with Crippen molar-refractivity contribution in [1.82, 2.24) is 10.1 Å². The second kappa shape index (κ2) is 5.88. The minimum Gasteiger partial charge on any atom is -0.372 e. The van der Waals surface area contributed by atoms with Crippen LogP contribution in [0.1, 0.15) is 18.4 Å². The van der Waals surface area contributed by atoms with Gasteiger partial charge < -0.3 is 9.42 Å². The second-order valence-electron chi connectivity index (χ2n) is 6.03. The van der Waals surface area contributed by atoms with Crippen molar-refractivity contribution in [2.75, 3.05) is 18.0 Å². The van der Waals surface area contributed by atoms with Gasteiger partial charge in [0.15, 0.2) is 0 Å². The predicted molar refractivity (Wildman–Crippen MR) is 91.4 cm³/mol. The van der Waals surface area contributed by atoms with Gasteiger partial charge in [-0.2, -0.15) is 4.98 Å². The van der Waals surface area contributed by atoms with Crippen molar-refractivity contribution in [1.29, 1.82) is 0 Å². The highest BCUT2D eigenvalue weighted by atomic mass is 16.5. The van der Waals surface area contributed by atoms with Crippen LogP contribution in [0.5, 0.6) is 0 Å². The van der Waals surface area contributed by atoms with Gasteiger partial charge in [0.2, 0.25) is 5.82 Å². The molecule has 0 atom stereocenters. The molecule has 2 aromatic carbocycles. The molecule has 1 aliphatic rings. The maximum absolute atomic E-state index is 5.43. The summed E-state index contributed by atoms with van der Waals surface area (Å²) in [5.74, 6) is 1.19. The number of hydrogen-bond acceptors (Lipinski definition) is 4. The van der Waals surface area contributed by atoms with E-state index in [0.29, 0.717) is 11.7 Å². The smallest absolute Gasteiger partial charge is 0.258 e. The summed E-state index contributed by atoms with van der Waals surface area (Å²) in [6.45, 7) is 4.36. The van der Waals surface area contributed by atoms with Crippen LogP contribution in [0.2, 0.25) is 0 Å². The molecule has 0 unspecified atom stereocenters. The van der Waals surface area contributed by atoms with E-state index in [9.17, 15) is 0 Å². The zero-order chi connectivity index (χ0) is 15.6. The Bertz CT molecular complexity index is 784. The van der Waals surface area contributed by atoms with E-state index in [0.717, 1.165) is 24.2 Å². The lowest BCUT2D eigenvalue weighted by molar-refractivity contribution is 0.432. The average molecular weight is 305 g/mol. The molecule has 1 aromatic heterocycles. The summed E-state index contributed by atoms with van der Waals surface area (Å²) in [4.78, 5) is 6.93. The third-order valence-electron chi connectivity index (χ3n) is 4.32. The third-order valence-corrected chi connectivity index (χ3v) is 4.32. The highest BCUT2D eigenvalue weighted by Gasteiger charge is 2.14. The van der Waals surface area contributed by atoms with Crippen molar-refractivity contribution in [2.45, 2.75) is 19.8 Å². The Kier molecular flexibility index (Phi) is 3.58. The number of aromatic nitrogens is 2. The molecule has 1 aliphatic heterocycles. The van der Waals surface area contributed by atoms with Gasteiger partial charge in [0.1, 0.15) is 0 Å². The molecule has 0 bridgehead atoms. The van der Waals surface area contributed by atoms with Gasteiger partial charge in [0.25, 0.3) is 5.89 Å². The normalized spacial score (nSPS) is 14.4. The van der Waals surface area contributed by atoms with Crippen molar-refractivity contribution in [3.63, 3.8) is 0 Å². The number of anilines is 1. The van der Waals surface area contributed by atoms with Crippen LogP contribution in [0.15, 0.2) is 53.1 Å². The van der Waals surface area contributed by atoms with Crippen LogP contribution in [-0.2, 0) is 0 Å². The number of hydrogen-bond donors (Lipinski definition) is 0. The first-order chi connectivity index (χ1) is 11.3. The Hall–Kier alpha value is -2.62. The fraction of sp³-hybridized carbons (Fsp3) is 0.263. The van der Waals surface area contributed by atoms with E-state index in [1.54, 1.807) is 0 Å². The van der Waals surface area contributed by atoms with Crippen LogP contribution in [-0.4, -0.2) is 23.2 Å². The van der Waals surface area contributed by atoms with Crippen LogP contribution in [0.25, 0.3) is 22.8 Å². The standard InChI is InChI=1S/C19H19N3O/c1-14-4-6-15(7-5-14)18-20-19(23-21-18)16-8-10-17(11-9-16)22-12-2-3-13-22/h4-11H,2-3,12-13H2,1H3. The molecule has 0 aliphatic carbocycles. The van der Waals surface area contributed by atoms with Crippen LogP contribution in [0, 0.1) is 6.92 Å². The van der Waals surface area contributed by atoms with E-state index in [4.69, 9.17) is 4.52 Å². The van der Waals surface area contributed by atoms with Crippen molar-refractivity contribution in [3.8, 4) is 22.8 Å². The lowest BCUT2D eigenvalue weighted by Crippen LogP contribution is -2.17. The fourth-order valence-electron chi connectivity index (χ4n) is 2.95. The summed E-state index contributed by atoms with van der Waals surface area (Å²) >= 11 is 0. The molecule has 0 saturated carbocycles. The fourth-order valence-corrected chi connectivity index (χ4v) is 2.95. The summed E-state index contributed by atoms with van der Waals surface area (Å²) in [6.07, 6.45) is 2.57. The van der Waals surface area contributed by atoms with Gasteiger partial charge in [0, 0.05) is 29.9 Å². The molecule has 23 heavy (non-hydrogen) atoms. The van der Waals surface area contributed by atoms with Crippen LogP contribution >= 0.6 is 0 Å². The predicted octanol–water partition coefficient (Wildman–Crippen LogP) is 4.31. The van der Waals surface area contributed by atoms with Crippen LogP contribution in [0.3, 0.4) is 0 Å². The van der Waals surface area contributed by atoms with Crippen LogP contribution in [0.4, 0.5) is 5.69 Å². The molecular weight excluding hydrogens is 286 g/mol. The van der Waals surface area contributed by atoms with Gasteiger partial charge in [-0.1, -0.05) is 35.0 Å². The van der Waals surface area contributed by atoms with Gasteiger partial charge >= 0.3 is 0 Å². The largest absolute Gasteiger partial charge is 0.372 e. The zero-order valence-electron chi connectivity index (χ0n) is 13.2. The Morgan fingerprint density at radius 2 is 1.52 bits per heavy atom. The number of aryl methyl sites for hydroxylation is 1. The molecule has 4 nitrogen and oxygen atoms in total. The van der Waals surface area contributed by atoms with Crippen molar-refractivity contribution >= 4 is 5.69 Å². The van der Waals surface area contributed by atoms with E-state index in [1.165, 1.54) is 24.1 Å². The molecule has 2 heterocycles.